The Labute approximate surface area is 145 Å². The Morgan fingerprint density at radius 3 is 2.72 bits per heavy atom. The Kier molecular flexibility index (Phi) is 4.61. The van der Waals surface area contributed by atoms with E-state index in [0.717, 1.165) is 23.1 Å². The summed E-state index contributed by atoms with van der Waals surface area (Å²) in [6.07, 6.45) is 5.01. The van der Waals surface area contributed by atoms with Gasteiger partial charge < -0.3 is 5.11 Å². The molecule has 3 aromatic rings. The molecule has 128 valence electrons. The van der Waals surface area contributed by atoms with E-state index >= 15 is 0 Å². The number of rotatable bonds is 5. The number of hydrogen-bond donors (Lipinski definition) is 1. The van der Waals surface area contributed by atoms with Gasteiger partial charge in [0, 0.05) is 18.1 Å². The molecule has 0 bridgehead atoms. The van der Waals surface area contributed by atoms with E-state index in [1.165, 1.54) is 6.20 Å². The summed E-state index contributed by atoms with van der Waals surface area (Å²) in [7, 11) is 0. The van der Waals surface area contributed by atoms with Crippen LogP contribution in [0.4, 0.5) is 0 Å². The van der Waals surface area contributed by atoms with Gasteiger partial charge in [0.1, 0.15) is 0 Å². The molecule has 0 amide bonds. The van der Waals surface area contributed by atoms with E-state index < -0.39 is 5.97 Å². The zero-order valence-electron chi connectivity index (χ0n) is 14.5. The van der Waals surface area contributed by atoms with E-state index in [0.29, 0.717) is 11.5 Å². The lowest BCUT2D eigenvalue weighted by Crippen LogP contribution is -2.08. The number of benzene rings is 1. The third-order valence-corrected chi connectivity index (χ3v) is 3.99. The molecule has 0 fully saturated rings. The molecule has 25 heavy (non-hydrogen) atoms. The summed E-state index contributed by atoms with van der Waals surface area (Å²) in [5, 5.41) is 14.9. The smallest absolute Gasteiger partial charge is 0.339 e. The van der Waals surface area contributed by atoms with E-state index in [-0.39, 0.29) is 11.5 Å². The number of carbonyl (C=O) groups is 1. The fourth-order valence-electron chi connectivity index (χ4n) is 2.77. The second-order valence-corrected chi connectivity index (χ2v) is 6.04. The summed E-state index contributed by atoms with van der Waals surface area (Å²) in [5.41, 5.74) is 2.60. The van der Waals surface area contributed by atoms with Crippen LogP contribution in [0.5, 0.6) is 0 Å². The van der Waals surface area contributed by atoms with Crippen molar-refractivity contribution in [2.45, 2.75) is 33.2 Å². The standard InChI is InChI=1S/C19H20N4O2/c1-4-23-16-8-6-5-7-13(16)15(22-23)9-10-17-20-11-14(19(24)25)18(21-17)12(2)3/h5-12H,4H2,1-3H3,(H,24,25)/b10-9+. The van der Waals surface area contributed by atoms with Crippen LogP contribution in [-0.4, -0.2) is 30.8 Å². The van der Waals surface area contributed by atoms with Crippen LogP contribution in [0.15, 0.2) is 30.5 Å². The number of aromatic carboxylic acids is 1. The van der Waals surface area contributed by atoms with Crippen LogP contribution >= 0.6 is 0 Å². The molecule has 0 saturated carbocycles. The van der Waals surface area contributed by atoms with Gasteiger partial charge in [-0.3, -0.25) is 4.68 Å². The van der Waals surface area contributed by atoms with Gasteiger partial charge in [-0.25, -0.2) is 14.8 Å². The SMILES string of the molecule is CCn1nc(/C=C/c2ncc(C(=O)O)c(C(C)C)n2)c2ccccc21. The highest BCUT2D eigenvalue weighted by atomic mass is 16.4. The molecule has 1 aromatic carbocycles. The minimum absolute atomic E-state index is 0.00128. The molecule has 0 radical (unpaired) electrons. The number of para-hydroxylation sites is 1. The molecule has 0 aliphatic heterocycles. The Hall–Kier alpha value is -3.02. The zero-order chi connectivity index (χ0) is 18.0. The van der Waals surface area contributed by atoms with Gasteiger partial charge in [-0.1, -0.05) is 32.0 Å². The van der Waals surface area contributed by atoms with Gasteiger partial charge in [0.2, 0.25) is 0 Å². The average molecular weight is 336 g/mol. The van der Waals surface area contributed by atoms with Gasteiger partial charge >= 0.3 is 5.97 Å². The molecule has 0 atom stereocenters. The lowest BCUT2D eigenvalue weighted by molar-refractivity contribution is 0.0694. The normalized spacial score (nSPS) is 11.7. The quantitative estimate of drug-likeness (QED) is 0.765. The Bertz CT molecular complexity index is 957. The number of carboxylic acids is 1. The maximum Gasteiger partial charge on any atom is 0.339 e. The van der Waals surface area contributed by atoms with Crippen molar-refractivity contribution in [2.75, 3.05) is 0 Å². The maximum atomic E-state index is 11.3. The summed E-state index contributed by atoms with van der Waals surface area (Å²) < 4.78 is 1.95. The molecule has 0 aliphatic rings. The van der Waals surface area contributed by atoms with Crippen LogP contribution in [0.25, 0.3) is 23.1 Å². The van der Waals surface area contributed by atoms with Gasteiger partial charge in [0.25, 0.3) is 0 Å². The second kappa shape index (κ2) is 6.84. The highest BCUT2D eigenvalue weighted by molar-refractivity contribution is 5.90. The topological polar surface area (TPSA) is 80.9 Å². The van der Waals surface area contributed by atoms with Crippen LogP contribution in [0.1, 0.15) is 54.3 Å². The van der Waals surface area contributed by atoms with Crippen molar-refractivity contribution in [1.29, 1.82) is 0 Å². The molecule has 2 aromatic heterocycles. The monoisotopic (exact) mass is 336 g/mol. The third kappa shape index (κ3) is 3.28. The zero-order valence-corrected chi connectivity index (χ0v) is 14.5. The first-order valence-corrected chi connectivity index (χ1v) is 8.25. The molecule has 6 heteroatoms. The highest BCUT2D eigenvalue weighted by Crippen LogP contribution is 2.21. The Morgan fingerprint density at radius 2 is 2.04 bits per heavy atom. The molecule has 0 spiro atoms. The summed E-state index contributed by atoms with van der Waals surface area (Å²) >= 11 is 0. The van der Waals surface area contributed by atoms with Crippen molar-refractivity contribution in [3.05, 3.63) is 53.2 Å². The van der Waals surface area contributed by atoms with E-state index in [1.54, 1.807) is 6.08 Å². The summed E-state index contributed by atoms with van der Waals surface area (Å²) in [4.78, 5) is 19.8. The van der Waals surface area contributed by atoms with Crippen molar-refractivity contribution in [3.63, 3.8) is 0 Å². The first kappa shape index (κ1) is 16.8. The van der Waals surface area contributed by atoms with Gasteiger partial charge in [-0.2, -0.15) is 5.10 Å². The van der Waals surface area contributed by atoms with Crippen LogP contribution in [0.3, 0.4) is 0 Å². The minimum Gasteiger partial charge on any atom is -0.478 e. The average Bonchev–Trinajstić information content (AvgIpc) is 2.97. The van der Waals surface area contributed by atoms with Crippen molar-refractivity contribution in [3.8, 4) is 0 Å². The maximum absolute atomic E-state index is 11.3. The number of nitrogens with zero attached hydrogens (tertiary/aromatic N) is 4. The summed E-state index contributed by atoms with van der Waals surface area (Å²) in [5.74, 6) is -0.530. The predicted octanol–water partition coefficient (Wildman–Crippen LogP) is 3.84. The molecule has 0 saturated heterocycles. The molecule has 6 nitrogen and oxygen atoms in total. The second-order valence-electron chi connectivity index (χ2n) is 6.04. The number of aromatic nitrogens is 4. The number of fused-ring (bicyclic) bond motifs is 1. The largest absolute Gasteiger partial charge is 0.478 e. The van der Waals surface area contributed by atoms with E-state index in [2.05, 4.69) is 22.0 Å². The summed E-state index contributed by atoms with van der Waals surface area (Å²) in [6.45, 7) is 6.67. The molecule has 1 N–H and O–H groups in total. The Morgan fingerprint density at radius 1 is 1.28 bits per heavy atom. The molecular formula is C19H20N4O2. The van der Waals surface area contributed by atoms with E-state index in [1.807, 2.05) is 48.9 Å². The van der Waals surface area contributed by atoms with Crippen molar-refractivity contribution < 1.29 is 9.90 Å². The van der Waals surface area contributed by atoms with E-state index in [9.17, 15) is 9.90 Å². The fraction of sp³-hybridized carbons (Fsp3) is 0.263. The van der Waals surface area contributed by atoms with Gasteiger partial charge in [-0.15, -0.1) is 0 Å². The van der Waals surface area contributed by atoms with Crippen LogP contribution in [0, 0.1) is 0 Å². The van der Waals surface area contributed by atoms with Gasteiger partial charge in [0.05, 0.1) is 22.5 Å². The van der Waals surface area contributed by atoms with Crippen molar-refractivity contribution >= 4 is 29.0 Å². The number of carboxylic acid groups (broad SMARTS) is 1. The fourth-order valence-corrected chi connectivity index (χ4v) is 2.77. The van der Waals surface area contributed by atoms with Crippen LogP contribution < -0.4 is 0 Å². The van der Waals surface area contributed by atoms with Crippen LogP contribution in [0.2, 0.25) is 0 Å². The van der Waals surface area contributed by atoms with Crippen molar-refractivity contribution in [2.24, 2.45) is 0 Å². The third-order valence-electron chi connectivity index (χ3n) is 3.99. The minimum atomic E-state index is -1.01. The van der Waals surface area contributed by atoms with Gasteiger partial charge in [0.15, 0.2) is 5.82 Å². The van der Waals surface area contributed by atoms with Crippen LogP contribution in [-0.2, 0) is 6.54 Å². The first-order chi connectivity index (χ1) is 12.0. The van der Waals surface area contributed by atoms with Gasteiger partial charge in [-0.05, 0) is 31.1 Å². The predicted molar refractivity (Wildman–Crippen MR) is 97.4 cm³/mol. The number of aryl methyl sites for hydroxylation is 1. The highest BCUT2D eigenvalue weighted by Gasteiger charge is 2.15. The lowest BCUT2D eigenvalue weighted by Gasteiger charge is -2.08. The van der Waals surface area contributed by atoms with E-state index in [4.69, 9.17) is 0 Å². The lowest BCUT2D eigenvalue weighted by atomic mass is 10.1. The number of hydrogen-bond acceptors (Lipinski definition) is 4. The molecular weight excluding hydrogens is 316 g/mol. The van der Waals surface area contributed by atoms with Crippen molar-refractivity contribution in [1.82, 2.24) is 19.7 Å². The molecule has 0 unspecified atom stereocenters. The summed E-state index contributed by atoms with van der Waals surface area (Å²) in [6, 6.07) is 8.04. The first-order valence-electron chi connectivity index (χ1n) is 8.25. The molecule has 0 aliphatic carbocycles. The molecule has 2 heterocycles. The Balaban J connectivity index is 2.00. The molecule has 3 rings (SSSR count).